The van der Waals surface area contributed by atoms with Crippen molar-refractivity contribution in [3.63, 3.8) is 0 Å². The van der Waals surface area contributed by atoms with E-state index >= 15 is 0 Å². The Labute approximate surface area is 697 Å². The molecule has 0 amide bonds. The van der Waals surface area contributed by atoms with Crippen molar-refractivity contribution in [2.45, 2.75) is 29.4 Å². The summed E-state index contributed by atoms with van der Waals surface area (Å²) in [7, 11) is -30.3. The van der Waals surface area contributed by atoms with Gasteiger partial charge < -0.3 is 40.4 Å². The van der Waals surface area contributed by atoms with Crippen LogP contribution in [0.15, 0.2) is 230 Å². The van der Waals surface area contributed by atoms with Crippen LogP contribution < -0.4 is 32.1 Å². The number of halogens is 2. The largest absolute Gasteiger partial charge is 3.00 e. The van der Waals surface area contributed by atoms with E-state index < -0.39 is 152 Å². The fraction of sp³-hybridized carbons (Fsp3) is 0. The molecule has 11 N–H and O–H groups in total. The molecule has 44 nitrogen and oxygen atoms in total. The second kappa shape index (κ2) is 35.6. The van der Waals surface area contributed by atoms with Crippen molar-refractivity contribution in [2.24, 2.45) is 30.4 Å². The van der Waals surface area contributed by atoms with Crippen LogP contribution in [-0.2, 0) is 78.1 Å². The molecule has 12 aromatic rings. The number of carboxylic acid groups (broad SMARTS) is 2. The number of carbonyl (C=O) groups is 2. The number of aromatic amines is 2. The van der Waals surface area contributed by atoms with Gasteiger partial charge in [-0.2, -0.15) is 62.0 Å². The van der Waals surface area contributed by atoms with E-state index in [1.165, 1.54) is 97.1 Å². The monoisotopic (exact) mass is 1840 g/mol. The van der Waals surface area contributed by atoms with Gasteiger partial charge in [0.1, 0.15) is 46.0 Å². The number of phenols is 1. The van der Waals surface area contributed by atoms with Gasteiger partial charge in [0.2, 0.25) is 33.7 Å². The molecule has 0 bridgehead atoms. The molecule has 121 heavy (non-hydrogen) atoms. The van der Waals surface area contributed by atoms with E-state index in [1.54, 1.807) is 0 Å². The maximum atomic E-state index is 13.4. The number of carbonyl (C=O) groups excluding carboxylic acids is 1. The summed E-state index contributed by atoms with van der Waals surface area (Å²) in [5.41, 5.74) is -5.42. The summed E-state index contributed by atoms with van der Waals surface area (Å²) in [6.45, 7) is 0. The Morgan fingerprint density at radius 1 is 0.455 bits per heavy atom. The maximum absolute atomic E-state index is 13.4. The van der Waals surface area contributed by atoms with Crippen molar-refractivity contribution in [1.82, 2.24) is 29.9 Å². The number of hydrogen-bond acceptors (Lipinski definition) is 34. The summed E-state index contributed by atoms with van der Waals surface area (Å²) < 4.78 is 208. The number of aromatic hydroxyl groups is 1. The standard InChI is InChI=1S/2C34H23ClN8O14S3.Cr/c2*35-32-38-33(36-20-10-12-23-19(13-20)14-28(60(55,56)57)29(30(23)44)42-41-25-4-2-1-3-24(25)31(45)46)40-34(39-32)37-21-9-7-17(26(15-21)58(49,50)51)5-6-18-8-11-22(43(47)48)16-27(18)59(52,53)54;/h2*1-16,44H,(H,45,46)(H,49,50,51)(H,52,53,54)(H,55,56,57)(H2,36,37,38,39,40);/q;;+3/p-3. The molecule has 1 radical (unpaired) electrons. The van der Waals surface area contributed by atoms with Crippen LogP contribution >= 0.6 is 23.2 Å². The Morgan fingerprint density at radius 3 is 1.25 bits per heavy atom. The molecule has 53 heteroatoms. The Morgan fingerprint density at radius 2 is 0.826 bits per heavy atom. The first-order chi connectivity index (χ1) is 56.2. The third-order valence-electron chi connectivity index (χ3n) is 16.1. The van der Waals surface area contributed by atoms with Crippen LogP contribution in [0.1, 0.15) is 43.0 Å². The van der Waals surface area contributed by atoms with E-state index in [-0.39, 0.29) is 135 Å². The predicted octanol–water partition coefficient (Wildman–Crippen LogP) is 10.1. The maximum Gasteiger partial charge on any atom is 3.00 e. The molecule has 12 rings (SSSR count). The second-order valence-corrected chi connectivity index (χ2v) is 33.0. The number of non-ortho nitro benzene ring substituents is 2. The van der Waals surface area contributed by atoms with Gasteiger partial charge in [-0.05, 0) is 159 Å². The molecule has 0 saturated heterocycles. The normalized spacial score (nSPS) is 12.6. The SMILES string of the molecule is O=C(O)c1ccccc1N=Nc1c(S(=O)(=O)O)cc2cc(Nc3nc(Cl)[nH]c(=Nc4ccc(C=Cc5ccc([N+](=O)[O-])cc5S(=O)(=O)O)c(S(=O)(=O)O)c4)n3)ccc2c1O.O=C([O-])c1ccccc1N=Nc1c(S(=O)(=O)O)cc2cc(Nc3nc(Cl)[nH]c(=Nc4ccc(C=Cc5ccc([N+](=O)[O-])cc5S(=O)(=O)O)c(S(=O)(=O)[O-])c4)n3)ccc2c1[O-].[Cr+3]. The zero-order valence-corrected chi connectivity index (χ0v) is 66.8. The number of nitrogens with zero attached hydrogens (tertiary/aromatic N) is 12. The summed E-state index contributed by atoms with van der Waals surface area (Å²) >= 11 is 12.3. The molecule has 0 atom stereocenters. The number of nitro benzene ring substituents is 2. The molecule has 0 fully saturated rings. The summed E-state index contributed by atoms with van der Waals surface area (Å²) in [5, 5.41) is 87.4. The number of nitrogens with one attached hydrogen (secondary N) is 4. The average Bonchev–Trinajstić information content (AvgIpc) is 0.772. The predicted molar refractivity (Wildman–Crippen MR) is 415 cm³/mol. The summed E-state index contributed by atoms with van der Waals surface area (Å²) in [4.78, 5) is 68.1. The van der Waals surface area contributed by atoms with Crippen LogP contribution in [-0.4, -0.2) is 140 Å². The third-order valence-corrected chi connectivity index (χ3v) is 21.8. The second-order valence-electron chi connectivity index (χ2n) is 24.0. The minimum Gasteiger partial charge on any atom is -0.871 e. The minimum absolute atomic E-state index is 0. The van der Waals surface area contributed by atoms with Crippen molar-refractivity contribution < 1.29 is 135 Å². The van der Waals surface area contributed by atoms with Gasteiger partial charge in [0.25, 0.3) is 62.0 Å². The number of H-pyrrole nitrogens is 2. The summed E-state index contributed by atoms with van der Waals surface area (Å²) in [6, 6.07) is 32.1. The number of phenolic OH excluding ortho intramolecular Hbond substituents is 1. The number of anilines is 4. The van der Waals surface area contributed by atoms with Crippen LogP contribution in [0.4, 0.5) is 68.8 Å². The topological polar surface area (TPSA) is 717 Å². The number of rotatable bonds is 24. The van der Waals surface area contributed by atoms with Gasteiger partial charge in [-0.3, -0.25) is 53.0 Å². The Kier molecular flexibility index (Phi) is 26.4. The molecule has 0 aliphatic heterocycles. The molecule has 0 aliphatic carbocycles. The minimum atomic E-state index is -5.23. The first kappa shape index (κ1) is 89.9. The number of fused-ring (bicyclic) bond motifs is 2. The molecule has 619 valence electrons. The first-order valence-electron chi connectivity index (χ1n) is 32.2. The number of hydrogen-bond donors (Lipinski definition) is 11. The molecular formula is C68H43Cl2CrN16O28S6. The molecule has 0 spiro atoms. The van der Waals surface area contributed by atoms with Crippen molar-refractivity contribution >= 4 is 210 Å². The van der Waals surface area contributed by atoms with Crippen LogP contribution in [0.25, 0.3) is 45.8 Å². The molecular weight excluding hydrogens is 1800 g/mol. The number of azo groups is 2. The number of nitro groups is 2. The van der Waals surface area contributed by atoms with Gasteiger partial charge in [-0.1, -0.05) is 78.6 Å². The average molecular weight is 1850 g/mol. The van der Waals surface area contributed by atoms with Crippen molar-refractivity contribution in [1.29, 1.82) is 0 Å². The molecule has 10 aromatic carbocycles. The fourth-order valence-electron chi connectivity index (χ4n) is 10.8. The third kappa shape index (κ3) is 21.9. The first-order valence-corrected chi connectivity index (χ1v) is 41.5. The molecule has 0 aliphatic rings. The number of carboxylic acids is 2. The van der Waals surface area contributed by atoms with Gasteiger partial charge >= 0.3 is 23.3 Å². The van der Waals surface area contributed by atoms with E-state index in [4.69, 9.17) is 23.2 Å². The number of aromatic carboxylic acids is 2. The van der Waals surface area contributed by atoms with Crippen LogP contribution in [0.2, 0.25) is 10.6 Å². The Balaban J connectivity index is 0.000000252. The van der Waals surface area contributed by atoms with E-state index in [1.807, 2.05) is 0 Å². The van der Waals surface area contributed by atoms with Crippen molar-refractivity contribution in [2.75, 3.05) is 10.6 Å². The van der Waals surface area contributed by atoms with E-state index in [0.717, 1.165) is 85.0 Å². The van der Waals surface area contributed by atoms with Gasteiger partial charge in [0.15, 0.2) is 5.75 Å². The molecule has 0 unspecified atom stereocenters. The van der Waals surface area contributed by atoms with E-state index in [2.05, 4.69) is 71.0 Å². The van der Waals surface area contributed by atoms with Gasteiger partial charge in [0, 0.05) is 46.6 Å². The van der Waals surface area contributed by atoms with Gasteiger partial charge in [0.05, 0.1) is 49.0 Å². The Hall–Kier alpha value is -13.5. The van der Waals surface area contributed by atoms with Gasteiger partial charge in [-0.25, -0.2) is 23.2 Å². The number of aromatic nitrogens is 6. The van der Waals surface area contributed by atoms with E-state index in [9.17, 15) is 128 Å². The molecule has 0 saturated carbocycles. The summed E-state index contributed by atoms with van der Waals surface area (Å²) in [6.07, 6.45) is 4.12. The van der Waals surface area contributed by atoms with Gasteiger partial charge in [-0.15, -0.1) is 20.5 Å². The van der Waals surface area contributed by atoms with E-state index in [0.29, 0.717) is 12.1 Å². The van der Waals surface area contributed by atoms with Crippen LogP contribution in [0.3, 0.4) is 0 Å². The zero-order chi connectivity index (χ0) is 87.5. The quantitative estimate of drug-likeness (QED) is 0.00880. The van der Waals surface area contributed by atoms with Crippen LogP contribution in [0.5, 0.6) is 11.5 Å². The van der Waals surface area contributed by atoms with Crippen molar-refractivity contribution in [3.8, 4) is 11.5 Å². The molecule has 2 heterocycles. The Bertz CT molecular complexity index is 6980. The smallest absolute Gasteiger partial charge is 0.871 e. The zero-order valence-electron chi connectivity index (χ0n) is 59.2. The fourth-order valence-corrected chi connectivity index (χ4v) is 15.3. The van der Waals surface area contributed by atoms with Crippen molar-refractivity contribution in [3.05, 3.63) is 245 Å². The molecule has 2 aromatic heterocycles. The van der Waals surface area contributed by atoms with Crippen LogP contribution in [0, 0.1) is 20.2 Å². The summed E-state index contributed by atoms with van der Waals surface area (Å²) in [5.74, 6) is -5.15. The number of benzene rings is 10.